The van der Waals surface area contributed by atoms with Crippen molar-refractivity contribution in [3.63, 3.8) is 0 Å². The summed E-state index contributed by atoms with van der Waals surface area (Å²) in [6.45, 7) is 33.9. The van der Waals surface area contributed by atoms with E-state index in [0.717, 1.165) is 41.1 Å². The minimum Gasteiger partial charge on any atom is -0.481 e. The van der Waals surface area contributed by atoms with Gasteiger partial charge in [0.1, 0.15) is 5.78 Å². The number of allylic oxidation sites excluding steroid dienone is 1. The van der Waals surface area contributed by atoms with Crippen molar-refractivity contribution < 1.29 is 28.7 Å². The van der Waals surface area contributed by atoms with Gasteiger partial charge in [-0.1, -0.05) is 104 Å². The number of carbonyl (C=O) groups excluding carboxylic acids is 1. The number of ketones is 1. The van der Waals surface area contributed by atoms with Gasteiger partial charge in [0.15, 0.2) is 16.6 Å². The highest BCUT2D eigenvalue weighted by Gasteiger charge is 2.51. The Balaban J connectivity index is 2.49. The predicted molar refractivity (Wildman–Crippen MR) is 237 cm³/mol. The number of aliphatic hydroxyl groups is 1. The van der Waals surface area contributed by atoms with Gasteiger partial charge in [-0.25, -0.2) is 4.98 Å². The number of rotatable bonds is 21. The average molecular weight is 814 g/mol. The van der Waals surface area contributed by atoms with Crippen LogP contribution < -0.4 is 0 Å². The molecule has 0 saturated heterocycles. The highest BCUT2D eigenvalue weighted by Crippen LogP contribution is 2.45. The second-order valence-corrected chi connectivity index (χ2v) is 30.1. The van der Waals surface area contributed by atoms with Crippen molar-refractivity contribution in [3.05, 3.63) is 69.2 Å². The van der Waals surface area contributed by atoms with Crippen LogP contribution in [-0.2, 0) is 24.9 Å². The van der Waals surface area contributed by atoms with Gasteiger partial charge in [0.2, 0.25) is 0 Å². The second kappa shape index (κ2) is 20.0. The van der Waals surface area contributed by atoms with E-state index in [1.54, 1.807) is 11.3 Å². The lowest BCUT2D eigenvalue weighted by Crippen LogP contribution is -2.55. The molecule has 2 N–H and O–H groups in total. The molecule has 2 aromatic rings. The highest BCUT2D eigenvalue weighted by atomic mass is 32.1. The summed E-state index contributed by atoms with van der Waals surface area (Å²) in [5.41, 5.74) is 2.97. The van der Waals surface area contributed by atoms with Crippen molar-refractivity contribution in [1.82, 2.24) is 4.98 Å². The number of nitrogens with zero attached hydrogens (tertiary/aromatic N) is 1. The van der Waals surface area contributed by atoms with Crippen molar-refractivity contribution in [2.24, 2.45) is 17.3 Å². The van der Waals surface area contributed by atoms with Crippen LogP contribution in [0.15, 0.2) is 52.9 Å². The summed E-state index contributed by atoms with van der Waals surface area (Å²) in [4.78, 5) is 32.2. The lowest BCUT2D eigenvalue weighted by molar-refractivity contribution is -0.146. The molecule has 0 saturated carbocycles. The largest absolute Gasteiger partial charge is 0.481 e. The Hall–Kier alpha value is -2.22. The molecule has 7 nitrogen and oxygen atoms in total. The quantitative estimate of drug-likeness (QED) is 0.0955. The summed E-state index contributed by atoms with van der Waals surface area (Å²) < 4.78 is 14.2. The van der Waals surface area contributed by atoms with Crippen LogP contribution in [0.25, 0.3) is 6.08 Å². The summed E-state index contributed by atoms with van der Waals surface area (Å²) in [5.74, 6) is -1.43. The first kappa shape index (κ1) is 48.9. The Morgan fingerprint density at radius 1 is 0.927 bits per heavy atom. The maximum atomic E-state index is 15.3. The molecule has 2 rings (SSSR count). The fraction of sp³-hybridized carbons (Fsp3) is 0.667. The molecule has 1 aromatic heterocycles. The molecule has 0 fully saturated rings. The van der Waals surface area contributed by atoms with Crippen molar-refractivity contribution in [3.8, 4) is 0 Å². The van der Waals surface area contributed by atoms with Gasteiger partial charge in [-0.3, -0.25) is 9.59 Å². The van der Waals surface area contributed by atoms with E-state index in [1.807, 2.05) is 57.4 Å². The summed E-state index contributed by atoms with van der Waals surface area (Å²) in [6.07, 6.45) is 5.80. The van der Waals surface area contributed by atoms with Crippen LogP contribution in [0.2, 0.25) is 36.3 Å². The molecule has 0 aliphatic heterocycles. The van der Waals surface area contributed by atoms with Crippen LogP contribution in [-0.4, -0.2) is 61.9 Å². The number of aryl methyl sites for hydroxylation is 1. The van der Waals surface area contributed by atoms with Crippen molar-refractivity contribution in [2.45, 2.75) is 176 Å². The molecule has 0 spiro atoms. The van der Waals surface area contributed by atoms with E-state index in [-0.39, 0.29) is 34.3 Å². The maximum Gasteiger partial charge on any atom is 0.305 e. The number of Topliss-reactive ketones (excluding diaryl/α,β-unsaturated/α-hetero) is 1. The molecule has 0 unspecified atom stereocenters. The monoisotopic (exact) mass is 813 g/mol. The van der Waals surface area contributed by atoms with Crippen LogP contribution in [0, 0.1) is 24.2 Å². The zero-order valence-electron chi connectivity index (χ0n) is 37.1. The molecule has 1 aromatic carbocycles. The Morgan fingerprint density at radius 3 is 2.00 bits per heavy atom. The number of carboxylic acids is 1. The topological polar surface area (TPSA) is 106 Å². The fourth-order valence-electron chi connectivity index (χ4n) is 6.35. The molecule has 5 atom stereocenters. The number of benzene rings is 1. The Kier molecular flexibility index (Phi) is 17.8. The Labute approximate surface area is 340 Å². The molecule has 10 heteroatoms. The molecular formula is C45H75NO6SSi2. The SMILES string of the molecule is CC(=CC[C@H](O)C(C)=Cc1csc(C)n1)CCC[C@H](C)[C@@H](O[Si](C)(C)C(C)(C)C)[C@H](Cc1ccccc1)C(=O)C(C)(C)[C@H](CC(=O)O)O[Si](C)(C)C(C)(C)C. The molecule has 0 aliphatic carbocycles. The lowest BCUT2D eigenvalue weighted by Gasteiger charge is -2.47. The number of aliphatic carboxylic acids is 1. The number of carbonyl (C=O) groups is 2. The molecule has 0 aliphatic rings. The number of hydrogen-bond donors (Lipinski definition) is 2. The Bertz CT molecular complexity index is 1600. The average Bonchev–Trinajstić information content (AvgIpc) is 3.47. The first-order valence-electron chi connectivity index (χ1n) is 20.2. The third kappa shape index (κ3) is 14.6. The van der Waals surface area contributed by atoms with Gasteiger partial charge in [0, 0.05) is 16.7 Å². The van der Waals surface area contributed by atoms with E-state index in [1.165, 1.54) is 5.57 Å². The van der Waals surface area contributed by atoms with Crippen molar-refractivity contribution >= 4 is 45.8 Å². The maximum absolute atomic E-state index is 15.3. The van der Waals surface area contributed by atoms with Gasteiger partial charge >= 0.3 is 5.97 Å². The second-order valence-electron chi connectivity index (χ2n) is 19.5. The summed E-state index contributed by atoms with van der Waals surface area (Å²) in [6, 6.07) is 10.1. The molecule has 1 heterocycles. The van der Waals surface area contributed by atoms with Gasteiger partial charge in [-0.15, -0.1) is 11.3 Å². The van der Waals surface area contributed by atoms with E-state index in [4.69, 9.17) is 8.85 Å². The van der Waals surface area contributed by atoms with E-state index in [9.17, 15) is 15.0 Å². The van der Waals surface area contributed by atoms with Crippen LogP contribution in [0.5, 0.6) is 0 Å². The first-order chi connectivity index (χ1) is 25.1. The predicted octanol–water partition coefficient (Wildman–Crippen LogP) is 12.1. The van der Waals surface area contributed by atoms with Gasteiger partial charge in [0.05, 0.1) is 35.4 Å². The van der Waals surface area contributed by atoms with Gasteiger partial charge in [-0.05, 0) is 112 Å². The van der Waals surface area contributed by atoms with Gasteiger partial charge < -0.3 is 19.1 Å². The van der Waals surface area contributed by atoms with Gasteiger partial charge in [0.25, 0.3) is 0 Å². The number of aliphatic hydroxyl groups excluding tert-OH is 1. The summed E-state index contributed by atoms with van der Waals surface area (Å²) in [7, 11) is -4.82. The van der Waals surface area contributed by atoms with Crippen molar-refractivity contribution in [1.29, 1.82) is 0 Å². The standard InChI is InChI=1S/C45H75NO6SSi2/c1-31(25-26-38(47)33(3)27-36-30-53-34(4)46-36)21-20-22-32(2)41(52-55(15,16)44(8,9)10)37(28-35-23-18-17-19-24-35)42(50)45(11,12)39(29-40(48)49)51-54(13,14)43(5,6)7/h17-19,23-25,27,30,32,37-39,41,47H,20-22,26,28-29H2,1-16H3,(H,48,49)/t32-,37-,38-,39-,41+/m0/s1. The lowest BCUT2D eigenvalue weighted by atomic mass is 9.70. The van der Waals surface area contributed by atoms with Crippen molar-refractivity contribution in [2.75, 3.05) is 0 Å². The van der Waals surface area contributed by atoms with Crippen LogP contribution in [0.3, 0.4) is 0 Å². The third-order valence-electron chi connectivity index (χ3n) is 12.3. The third-order valence-corrected chi connectivity index (χ3v) is 22.1. The number of thiazole rings is 1. The van der Waals surface area contributed by atoms with E-state index < -0.39 is 46.1 Å². The molecular weight excluding hydrogens is 739 g/mol. The van der Waals surface area contributed by atoms with Gasteiger partial charge in [-0.2, -0.15) is 0 Å². The normalized spacial score (nSPS) is 16.7. The Morgan fingerprint density at radius 2 is 1.49 bits per heavy atom. The zero-order valence-corrected chi connectivity index (χ0v) is 39.9. The van der Waals surface area contributed by atoms with Crippen LogP contribution >= 0.6 is 11.3 Å². The van der Waals surface area contributed by atoms with E-state index in [0.29, 0.717) is 12.8 Å². The highest BCUT2D eigenvalue weighted by molar-refractivity contribution is 7.09. The molecule has 0 bridgehead atoms. The minimum atomic E-state index is -2.44. The number of aromatic nitrogens is 1. The molecule has 310 valence electrons. The summed E-state index contributed by atoms with van der Waals surface area (Å²) in [5, 5.41) is 23.8. The molecule has 55 heavy (non-hydrogen) atoms. The van der Waals surface area contributed by atoms with Crippen LogP contribution in [0.4, 0.5) is 0 Å². The van der Waals surface area contributed by atoms with Crippen LogP contribution in [0.1, 0.15) is 125 Å². The minimum absolute atomic E-state index is 0.00169. The van der Waals surface area contributed by atoms with E-state index in [2.05, 4.69) is 105 Å². The van der Waals surface area contributed by atoms with E-state index >= 15 is 4.79 Å². The number of hydrogen-bond acceptors (Lipinski definition) is 7. The molecule has 0 radical (unpaired) electrons. The zero-order chi connectivity index (χ0) is 42.2. The smallest absolute Gasteiger partial charge is 0.305 e. The first-order valence-corrected chi connectivity index (χ1v) is 26.9. The number of carboxylic acid groups (broad SMARTS) is 1. The molecule has 0 amide bonds. The summed E-state index contributed by atoms with van der Waals surface area (Å²) >= 11 is 1.60. The fourth-order valence-corrected chi connectivity index (χ4v) is 9.80.